The first-order valence-corrected chi connectivity index (χ1v) is 6.43. The SMILES string of the molecule is O=c1[nH]c(=O)n(Cc2nnc3n2CCCC3)cc1Cl. The van der Waals surface area contributed by atoms with Gasteiger partial charge in [-0.1, -0.05) is 11.6 Å². The van der Waals surface area contributed by atoms with Gasteiger partial charge in [-0.3, -0.25) is 14.3 Å². The molecule has 1 N–H and O–H groups in total. The van der Waals surface area contributed by atoms with Crippen molar-refractivity contribution >= 4 is 11.6 Å². The largest absolute Gasteiger partial charge is 0.328 e. The van der Waals surface area contributed by atoms with E-state index in [1.54, 1.807) is 0 Å². The van der Waals surface area contributed by atoms with Gasteiger partial charge < -0.3 is 4.57 Å². The maximum absolute atomic E-state index is 11.7. The highest BCUT2D eigenvalue weighted by Crippen LogP contribution is 2.14. The molecule has 0 bridgehead atoms. The minimum atomic E-state index is -0.578. The van der Waals surface area contributed by atoms with Gasteiger partial charge in [-0.2, -0.15) is 0 Å². The second-order valence-corrected chi connectivity index (χ2v) is 4.91. The van der Waals surface area contributed by atoms with Crippen molar-refractivity contribution in [2.75, 3.05) is 0 Å². The highest BCUT2D eigenvalue weighted by molar-refractivity contribution is 6.30. The molecule has 0 spiro atoms. The number of H-pyrrole nitrogens is 1. The molecule has 0 amide bonds. The Morgan fingerprint density at radius 1 is 1.32 bits per heavy atom. The molecule has 19 heavy (non-hydrogen) atoms. The van der Waals surface area contributed by atoms with Crippen molar-refractivity contribution in [3.8, 4) is 0 Å². The van der Waals surface area contributed by atoms with Crippen molar-refractivity contribution in [3.05, 3.63) is 43.7 Å². The smallest absolute Gasteiger partial charge is 0.313 e. The third kappa shape index (κ3) is 2.21. The maximum atomic E-state index is 11.7. The molecule has 0 aliphatic carbocycles. The van der Waals surface area contributed by atoms with Crippen molar-refractivity contribution in [3.63, 3.8) is 0 Å². The first-order valence-electron chi connectivity index (χ1n) is 6.05. The van der Waals surface area contributed by atoms with Gasteiger partial charge in [-0.15, -0.1) is 10.2 Å². The fourth-order valence-corrected chi connectivity index (χ4v) is 2.40. The van der Waals surface area contributed by atoms with Gasteiger partial charge in [0.25, 0.3) is 5.56 Å². The molecule has 0 unspecified atom stereocenters. The van der Waals surface area contributed by atoms with Crippen LogP contribution in [-0.4, -0.2) is 24.3 Å². The van der Waals surface area contributed by atoms with Crippen molar-refractivity contribution in [1.82, 2.24) is 24.3 Å². The van der Waals surface area contributed by atoms with Crippen LogP contribution in [0.25, 0.3) is 0 Å². The van der Waals surface area contributed by atoms with Gasteiger partial charge in [-0.25, -0.2) is 4.79 Å². The lowest BCUT2D eigenvalue weighted by molar-refractivity contribution is 0.499. The predicted molar refractivity (Wildman–Crippen MR) is 68.4 cm³/mol. The zero-order valence-electron chi connectivity index (χ0n) is 10.1. The number of nitrogens with zero attached hydrogens (tertiary/aromatic N) is 4. The van der Waals surface area contributed by atoms with E-state index >= 15 is 0 Å². The average molecular weight is 282 g/mol. The molecule has 0 fully saturated rings. The Labute approximate surface area is 112 Å². The summed E-state index contributed by atoms with van der Waals surface area (Å²) in [6.45, 7) is 1.12. The van der Waals surface area contributed by atoms with Gasteiger partial charge >= 0.3 is 5.69 Å². The van der Waals surface area contributed by atoms with Crippen LogP contribution in [0.4, 0.5) is 0 Å². The van der Waals surface area contributed by atoms with Gasteiger partial charge in [0, 0.05) is 19.2 Å². The second-order valence-electron chi connectivity index (χ2n) is 4.51. The van der Waals surface area contributed by atoms with Crippen LogP contribution in [0.2, 0.25) is 5.02 Å². The molecular formula is C11H12ClN5O2. The molecule has 3 heterocycles. The first kappa shape index (κ1) is 12.2. The number of aromatic nitrogens is 5. The molecule has 0 saturated heterocycles. The van der Waals surface area contributed by atoms with Crippen molar-refractivity contribution in [2.45, 2.75) is 32.4 Å². The third-order valence-electron chi connectivity index (χ3n) is 3.22. The lowest BCUT2D eigenvalue weighted by Crippen LogP contribution is -2.31. The molecule has 2 aromatic heterocycles. The van der Waals surface area contributed by atoms with Crippen LogP contribution >= 0.6 is 11.6 Å². The van der Waals surface area contributed by atoms with E-state index in [2.05, 4.69) is 15.2 Å². The molecule has 0 atom stereocenters. The molecule has 0 aromatic carbocycles. The topological polar surface area (TPSA) is 85.6 Å². The Balaban J connectivity index is 1.98. The van der Waals surface area contributed by atoms with E-state index in [-0.39, 0.29) is 11.6 Å². The Morgan fingerprint density at radius 2 is 2.16 bits per heavy atom. The van der Waals surface area contributed by atoms with E-state index in [1.165, 1.54) is 10.8 Å². The standard InChI is InChI=1S/C11H12ClN5O2/c12-7-5-16(11(19)13-10(7)18)6-9-15-14-8-3-1-2-4-17(8)9/h5H,1-4,6H2,(H,13,18,19). The number of hydrogen-bond donors (Lipinski definition) is 1. The zero-order valence-corrected chi connectivity index (χ0v) is 10.9. The van der Waals surface area contributed by atoms with Crippen molar-refractivity contribution in [1.29, 1.82) is 0 Å². The van der Waals surface area contributed by atoms with Crippen LogP contribution in [0.5, 0.6) is 0 Å². The zero-order chi connectivity index (χ0) is 13.4. The monoisotopic (exact) mass is 281 g/mol. The summed E-state index contributed by atoms with van der Waals surface area (Å²) in [5.41, 5.74) is -1.08. The van der Waals surface area contributed by atoms with Crippen molar-refractivity contribution in [2.24, 2.45) is 0 Å². The number of aryl methyl sites for hydroxylation is 1. The molecule has 100 valence electrons. The molecule has 3 rings (SSSR count). The Bertz CT molecular complexity index is 729. The molecule has 8 heteroatoms. The van der Waals surface area contributed by atoms with Crippen LogP contribution in [0.15, 0.2) is 15.8 Å². The lowest BCUT2D eigenvalue weighted by Gasteiger charge is -2.15. The highest BCUT2D eigenvalue weighted by atomic mass is 35.5. The minimum absolute atomic E-state index is 0.0158. The van der Waals surface area contributed by atoms with Gasteiger partial charge in [0.15, 0.2) is 5.82 Å². The Morgan fingerprint density at radius 3 is 3.00 bits per heavy atom. The second kappa shape index (κ2) is 4.65. The number of halogens is 1. The molecule has 0 radical (unpaired) electrons. The molecular weight excluding hydrogens is 270 g/mol. The van der Waals surface area contributed by atoms with Crippen LogP contribution in [0, 0.1) is 0 Å². The Kier molecular flexibility index (Phi) is 2.98. The molecule has 1 aliphatic rings. The summed E-state index contributed by atoms with van der Waals surface area (Å²) >= 11 is 5.72. The minimum Gasteiger partial charge on any atom is -0.313 e. The summed E-state index contributed by atoms with van der Waals surface area (Å²) in [5.74, 6) is 1.66. The van der Waals surface area contributed by atoms with Crippen LogP contribution < -0.4 is 11.2 Å². The molecule has 1 aliphatic heterocycles. The Hall–Kier alpha value is -1.89. The van der Waals surface area contributed by atoms with Crippen LogP contribution in [-0.2, 0) is 19.5 Å². The van der Waals surface area contributed by atoms with Gasteiger partial charge in [0.1, 0.15) is 10.8 Å². The quantitative estimate of drug-likeness (QED) is 0.850. The normalized spacial score (nSPS) is 14.4. The number of hydrogen-bond acceptors (Lipinski definition) is 4. The van der Waals surface area contributed by atoms with E-state index in [0.29, 0.717) is 5.82 Å². The van der Waals surface area contributed by atoms with E-state index in [4.69, 9.17) is 11.6 Å². The maximum Gasteiger partial charge on any atom is 0.328 e. The van der Waals surface area contributed by atoms with E-state index < -0.39 is 11.2 Å². The molecule has 2 aromatic rings. The lowest BCUT2D eigenvalue weighted by atomic mass is 10.2. The van der Waals surface area contributed by atoms with Crippen molar-refractivity contribution < 1.29 is 0 Å². The van der Waals surface area contributed by atoms with Crippen LogP contribution in [0.1, 0.15) is 24.5 Å². The van der Waals surface area contributed by atoms with Gasteiger partial charge in [0.2, 0.25) is 0 Å². The summed E-state index contributed by atoms with van der Waals surface area (Å²) in [6.07, 6.45) is 4.43. The first-order chi connectivity index (χ1) is 9.15. The van der Waals surface area contributed by atoms with Gasteiger partial charge in [-0.05, 0) is 12.8 Å². The molecule has 0 saturated carbocycles. The average Bonchev–Trinajstić information content (AvgIpc) is 2.80. The van der Waals surface area contributed by atoms with E-state index in [9.17, 15) is 9.59 Å². The summed E-state index contributed by atoms with van der Waals surface area (Å²) in [4.78, 5) is 25.0. The highest BCUT2D eigenvalue weighted by Gasteiger charge is 2.16. The number of rotatable bonds is 2. The van der Waals surface area contributed by atoms with Crippen LogP contribution in [0.3, 0.4) is 0 Å². The van der Waals surface area contributed by atoms with E-state index in [0.717, 1.165) is 31.6 Å². The molecule has 7 nitrogen and oxygen atoms in total. The number of nitrogens with one attached hydrogen (secondary N) is 1. The fourth-order valence-electron chi connectivity index (χ4n) is 2.24. The summed E-state index contributed by atoms with van der Waals surface area (Å²) in [7, 11) is 0. The number of fused-ring (bicyclic) bond motifs is 1. The summed E-state index contributed by atoms with van der Waals surface area (Å²) in [5, 5.41) is 8.20. The number of aromatic amines is 1. The van der Waals surface area contributed by atoms with Gasteiger partial charge in [0.05, 0.1) is 6.54 Å². The predicted octanol–water partition coefficient (Wildman–Crippen LogP) is 0.166. The van der Waals surface area contributed by atoms with E-state index in [1.807, 2.05) is 4.57 Å². The summed E-state index contributed by atoms with van der Waals surface area (Å²) in [6, 6.07) is 0. The third-order valence-corrected chi connectivity index (χ3v) is 3.48. The fraction of sp³-hybridized carbons (Fsp3) is 0.455. The summed E-state index contributed by atoms with van der Waals surface area (Å²) < 4.78 is 3.35.